The zero-order valence-electron chi connectivity index (χ0n) is 12.3. The van der Waals surface area contributed by atoms with Gasteiger partial charge < -0.3 is 16.4 Å². The summed E-state index contributed by atoms with van der Waals surface area (Å²) in [6.45, 7) is 2.77. The molecule has 10 heteroatoms. The van der Waals surface area contributed by atoms with Crippen molar-refractivity contribution in [2.24, 2.45) is 11.7 Å². The molecule has 0 saturated heterocycles. The van der Waals surface area contributed by atoms with E-state index in [9.17, 15) is 18.4 Å². The molecule has 1 heterocycles. The Bertz CT molecular complexity index is 496. The van der Waals surface area contributed by atoms with Crippen LogP contribution in [0.2, 0.25) is 0 Å². The Kier molecular flexibility index (Phi) is 8.58. The third kappa shape index (κ3) is 6.81. The zero-order valence-corrected chi connectivity index (χ0v) is 13.1. The Hall–Kier alpha value is -1.74. The van der Waals surface area contributed by atoms with Crippen molar-refractivity contribution in [2.45, 2.75) is 32.9 Å². The molecule has 2 amide bonds. The lowest BCUT2D eigenvalue weighted by molar-refractivity contribution is -0.125. The number of nitrogens with two attached hydrogens (primary N) is 1. The number of aromatic nitrogens is 2. The summed E-state index contributed by atoms with van der Waals surface area (Å²) >= 11 is 0. The first kappa shape index (κ1) is 20.3. The molecule has 0 fully saturated rings. The molecular formula is C12H20ClF2N5O2. The lowest BCUT2D eigenvalue weighted by Gasteiger charge is -2.14. The van der Waals surface area contributed by atoms with Crippen LogP contribution < -0.4 is 16.4 Å². The van der Waals surface area contributed by atoms with E-state index in [0.29, 0.717) is 0 Å². The first-order valence-electron chi connectivity index (χ1n) is 6.44. The van der Waals surface area contributed by atoms with Crippen molar-refractivity contribution in [3.05, 3.63) is 12.3 Å². The van der Waals surface area contributed by atoms with E-state index in [2.05, 4.69) is 15.7 Å². The maximum Gasteiger partial charge on any atom is 0.257 e. The van der Waals surface area contributed by atoms with Gasteiger partial charge in [-0.1, -0.05) is 13.8 Å². The number of nitrogens with zero attached hydrogens (tertiary/aromatic N) is 2. The van der Waals surface area contributed by atoms with E-state index in [0.717, 1.165) is 4.68 Å². The fourth-order valence-corrected chi connectivity index (χ4v) is 1.45. The molecule has 1 aromatic rings. The largest absolute Gasteiger partial charge is 0.346 e. The van der Waals surface area contributed by atoms with E-state index >= 15 is 0 Å². The number of halogens is 3. The summed E-state index contributed by atoms with van der Waals surface area (Å²) in [5.41, 5.74) is 5.62. The van der Waals surface area contributed by atoms with Gasteiger partial charge in [0, 0.05) is 12.3 Å². The lowest BCUT2D eigenvalue weighted by atomic mass is 10.1. The molecular weight excluding hydrogens is 320 g/mol. The maximum absolute atomic E-state index is 12.1. The van der Waals surface area contributed by atoms with Crippen molar-refractivity contribution in [3.8, 4) is 0 Å². The molecule has 1 atom stereocenters. The van der Waals surface area contributed by atoms with Crippen molar-refractivity contribution >= 4 is 30.0 Å². The molecule has 1 rings (SSSR count). The van der Waals surface area contributed by atoms with E-state index < -0.39 is 30.8 Å². The van der Waals surface area contributed by atoms with Crippen LogP contribution in [0, 0.1) is 5.92 Å². The van der Waals surface area contributed by atoms with Gasteiger partial charge in [0.05, 0.1) is 12.6 Å². The SMILES string of the molecule is CC(C)[C@H](N)C(=O)NCC(=O)Nc1ccn(CC(F)F)n1.Cl. The average molecular weight is 340 g/mol. The highest BCUT2D eigenvalue weighted by molar-refractivity contribution is 5.94. The highest BCUT2D eigenvalue weighted by atomic mass is 35.5. The molecule has 0 aliphatic carbocycles. The number of anilines is 1. The number of hydrogen-bond acceptors (Lipinski definition) is 4. The van der Waals surface area contributed by atoms with Crippen LogP contribution in [0.3, 0.4) is 0 Å². The fourth-order valence-electron chi connectivity index (χ4n) is 1.45. The molecule has 0 bridgehead atoms. The van der Waals surface area contributed by atoms with Gasteiger partial charge in [-0.15, -0.1) is 12.4 Å². The van der Waals surface area contributed by atoms with Crippen LogP contribution in [-0.2, 0) is 16.1 Å². The van der Waals surface area contributed by atoms with Crippen LogP contribution in [0.15, 0.2) is 12.3 Å². The number of carbonyl (C=O) groups excluding carboxylic acids is 2. The molecule has 0 spiro atoms. The summed E-state index contributed by atoms with van der Waals surface area (Å²) in [6.07, 6.45) is -1.19. The minimum absolute atomic E-state index is 0. The standard InChI is InChI=1S/C12H19F2N5O2.ClH/c1-7(2)11(15)12(21)16-5-10(20)17-9-3-4-19(18-9)6-8(13)14;/h3-4,7-8,11H,5-6,15H2,1-2H3,(H,16,21)(H,17,18,20);1H/t11-;/m0./s1. The normalized spacial score (nSPS) is 12.0. The van der Waals surface area contributed by atoms with Gasteiger partial charge in [0.1, 0.15) is 6.54 Å². The minimum atomic E-state index is -2.52. The van der Waals surface area contributed by atoms with Crippen molar-refractivity contribution in [1.29, 1.82) is 0 Å². The van der Waals surface area contributed by atoms with Crippen LogP contribution in [0.1, 0.15) is 13.8 Å². The van der Waals surface area contributed by atoms with Gasteiger partial charge in [-0.2, -0.15) is 5.10 Å². The number of amides is 2. The molecule has 1 aromatic heterocycles. The molecule has 0 aromatic carbocycles. The predicted octanol–water partition coefficient (Wildman–Crippen LogP) is 0.608. The van der Waals surface area contributed by atoms with Crippen molar-refractivity contribution in [2.75, 3.05) is 11.9 Å². The quantitative estimate of drug-likeness (QED) is 0.677. The van der Waals surface area contributed by atoms with Crippen molar-refractivity contribution in [1.82, 2.24) is 15.1 Å². The van der Waals surface area contributed by atoms with E-state index in [1.807, 2.05) is 0 Å². The molecule has 0 saturated carbocycles. The summed E-state index contributed by atoms with van der Waals surface area (Å²) < 4.78 is 25.3. The van der Waals surface area contributed by atoms with Gasteiger partial charge in [-0.25, -0.2) is 8.78 Å². The van der Waals surface area contributed by atoms with Gasteiger partial charge in [-0.05, 0) is 5.92 Å². The van der Waals surface area contributed by atoms with Crippen LogP contribution in [-0.4, -0.2) is 40.6 Å². The van der Waals surface area contributed by atoms with Gasteiger partial charge >= 0.3 is 0 Å². The first-order valence-corrected chi connectivity index (χ1v) is 6.44. The fraction of sp³-hybridized carbons (Fsp3) is 0.583. The highest BCUT2D eigenvalue weighted by Gasteiger charge is 2.17. The van der Waals surface area contributed by atoms with E-state index in [1.54, 1.807) is 13.8 Å². The van der Waals surface area contributed by atoms with Crippen molar-refractivity contribution < 1.29 is 18.4 Å². The summed E-state index contributed by atoms with van der Waals surface area (Å²) in [6, 6.07) is 0.699. The Morgan fingerprint density at radius 3 is 2.59 bits per heavy atom. The monoisotopic (exact) mass is 339 g/mol. The van der Waals surface area contributed by atoms with Crippen LogP contribution in [0.4, 0.5) is 14.6 Å². The molecule has 0 radical (unpaired) electrons. The Labute approximate surface area is 133 Å². The van der Waals surface area contributed by atoms with Gasteiger partial charge in [0.2, 0.25) is 11.8 Å². The van der Waals surface area contributed by atoms with Crippen LogP contribution >= 0.6 is 12.4 Å². The number of hydrogen-bond donors (Lipinski definition) is 3. The number of alkyl halides is 2. The van der Waals surface area contributed by atoms with Gasteiger partial charge in [0.25, 0.3) is 6.43 Å². The molecule has 0 aliphatic heterocycles. The molecule has 0 aliphatic rings. The van der Waals surface area contributed by atoms with Crippen LogP contribution in [0.5, 0.6) is 0 Å². The van der Waals surface area contributed by atoms with E-state index in [-0.39, 0.29) is 30.7 Å². The Morgan fingerprint density at radius 2 is 2.05 bits per heavy atom. The second kappa shape index (κ2) is 9.31. The summed E-state index contributed by atoms with van der Waals surface area (Å²) in [4.78, 5) is 23.1. The topological polar surface area (TPSA) is 102 Å². The molecule has 0 unspecified atom stereocenters. The number of carbonyl (C=O) groups is 2. The minimum Gasteiger partial charge on any atom is -0.346 e. The highest BCUT2D eigenvalue weighted by Crippen LogP contribution is 2.04. The third-order valence-corrected chi connectivity index (χ3v) is 2.68. The molecule has 7 nitrogen and oxygen atoms in total. The molecule has 22 heavy (non-hydrogen) atoms. The zero-order chi connectivity index (χ0) is 16.0. The van der Waals surface area contributed by atoms with Gasteiger partial charge in [0.15, 0.2) is 5.82 Å². The molecule has 126 valence electrons. The van der Waals surface area contributed by atoms with E-state index in [4.69, 9.17) is 5.73 Å². The lowest BCUT2D eigenvalue weighted by Crippen LogP contribution is -2.46. The van der Waals surface area contributed by atoms with Crippen LogP contribution in [0.25, 0.3) is 0 Å². The summed E-state index contributed by atoms with van der Waals surface area (Å²) in [5.74, 6) is -0.842. The second-order valence-electron chi connectivity index (χ2n) is 4.85. The summed E-state index contributed by atoms with van der Waals surface area (Å²) in [7, 11) is 0. The first-order chi connectivity index (χ1) is 9.79. The van der Waals surface area contributed by atoms with Gasteiger partial charge in [-0.3, -0.25) is 14.3 Å². The smallest absolute Gasteiger partial charge is 0.257 e. The number of nitrogens with one attached hydrogen (secondary N) is 2. The maximum atomic E-state index is 12.1. The Balaban J connectivity index is 0.00000441. The average Bonchev–Trinajstić information content (AvgIpc) is 2.81. The third-order valence-electron chi connectivity index (χ3n) is 2.68. The van der Waals surface area contributed by atoms with Crippen molar-refractivity contribution in [3.63, 3.8) is 0 Å². The summed E-state index contributed by atoms with van der Waals surface area (Å²) in [5, 5.41) is 8.53. The predicted molar refractivity (Wildman–Crippen MR) is 79.9 cm³/mol. The second-order valence-corrected chi connectivity index (χ2v) is 4.85. The number of rotatable bonds is 7. The van der Waals surface area contributed by atoms with E-state index in [1.165, 1.54) is 12.3 Å². The Morgan fingerprint density at radius 1 is 1.41 bits per heavy atom. The molecule has 4 N–H and O–H groups in total.